The van der Waals surface area contributed by atoms with Crippen molar-refractivity contribution in [2.75, 3.05) is 13.7 Å². The second-order valence-electron chi connectivity index (χ2n) is 3.87. The molecule has 0 unspecified atom stereocenters. The molecule has 0 bridgehead atoms. The van der Waals surface area contributed by atoms with Gasteiger partial charge in [0.25, 0.3) is 0 Å². The molecule has 0 radical (unpaired) electrons. The first-order valence-electron chi connectivity index (χ1n) is 5.59. The summed E-state index contributed by atoms with van der Waals surface area (Å²) in [5.41, 5.74) is 0. The fourth-order valence-electron chi connectivity index (χ4n) is 2.16. The quantitative estimate of drug-likeness (QED) is 0.513. The standard InChI is InChI=1S/C11H19NO3/c1-3-12(10(13)11(14)15-2)9-7-5-4-6-8-9/h9H,3-8H2,1-2H3. The van der Waals surface area contributed by atoms with E-state index in [0.29, 0.717) is 6.54 Å². The average Bonchev–Trinajstić information content (AvgIpc) is 2.30. The lowest BCUT2D eigenvalue weighted by atomic mass is 9.94. The minimum atomic E-state index is -0.748. The second kappa shape index (κ2) is 5.73. The molecule has 1 amide bonds. The smallest absolute Gasteiger partial charge is 0.396 e. The maximum Gasteiger partial charge on any atom is 0.396 e. The van der Waals surface area contributed by atoms with Gasteiger partial charge in [-0.2, -0.15) is 0 Å². The van der Waals surface area contributed by atoms with Crippen LogP contribution in [0.15, 0.2) is 0 Å². The first-order valence-corrected chi connectivity index (χ1v) is 5.59. The molecular formula is C11H19NO3. The fraction of sp³-hybridized carbons (Fsp3) is 0.818. The van der Waals surface area contributed by atoms with Gasteiger partial charge in [-0.25, -0.2) is 4.79 Å². The van der Waals surface area contributed by atoms with Crippen molar-refractivity contribution >= 4 is 11.9 Å². The predicted molar refractivity (Wildman–Crippen MR) is 56.3 cm³/mol. The molecule has 0 aromatic heterocycles. The highest BCUT2D eigenvalue weighted by Gasteiger charge is 2.28. The van der Waals surface area contributed by atoms with E-state index in [1.54, 1.807) is 4.90 Å². The summed E-state index contributed by atoms with van der Waals surface area (Å²) >= 11 is 0. The number of carbonyl (C=O) groups excluding carboxylic acids is 2. The third-order valence-corrected chi connectivity index (χ3v) is 2.98. The maximum atomic E-state index is 11.7. The van der Waals surface area contributed by atoms with E-state index in [2.05, 4.69) is 4.74 Å². The molecule has 0 spiro atoms. The van der Waals surface area contributed by atoms with Crippen molar-refractivity contribution in [2.24, 2.45) is 0 Å². The van der Waals surface area contributed by atoms with Gasteiger partial charge in [-0.3, -0.25) is 4.79 Å². The topological polar surface area (TPSA) is 46.6 Å². The Bertz CT molecular complexity index is 234. The maximum absolute atomic E-state index is 11.7. The Balaban J connectivity index is 2.60. The number of hydrogen-bond acceptors (Lipinski definition) is 3. The largest absolute Gasteiger partial charge is 0.462 e. The summed E-state index contributed by atoms with van der Waals surface area (Å²) in [7, 11) is 1.24. The Morgan fingerprint density at radius 3 is 2.33 bits per heavy atom. The van der Waals surface area contributed by atoms with E-state index in [1.165, 1.54) is 13.5 Å². The molecule has 15 heavy (non-hydrogen) atoms. The van der Waals surface area contributed by atoms with E-state index in [-0.39, 0.29) is 6.04 Å². The van der Waals surface area contributed by atoms with Crippen molar-refractivity contribution < 1.29 is 14.3 Å². The Morgan fingerprint density at radius 1 is 1.27 bits per heavy atom. The van der Waals surface area contributed by atoms with Crippen LogP contribution in [0.1, 0.15) is 39.0 Å². The van der Waals surface area contributed by atoms with Gasteiger partial charge in [0.05, 0.1) is 7.11 Å². The Morgan fingerprint density at radius 2 is 1.87 bits per heavy atom. The van der Waals surface area contributed by atoms with Crippen molar-refractivity contribution in [1.29, 1.82) is 0 Å². The van der Waals surface area contributed by atoms with Crippen LogP contribution in [0.4, 0.5) is 0 Å². The zero-order valence-corrected chi connectivity index (χ0v) is 9.49. The van der Waals surface area contributed by atoms with Gasteiger partial charge in [-0.15, -0.1) is 0 Å². The number of hydrogen-bond donors (Lipinski definition) is 0. The van der Waals surface area contributed by atoms with E-state index < -0.39 is 11.9 Å². The number of amides is 1. The van der Waals surface area contributed by atoms with Gasteiger partial charge in [-0.1, -0.05) is 19.3 Å². The summed E-state index contributed by atoms with van der Waals surface area (Å²) in [6, 6.07) is 0.232. The van der Waals surface area contributed by atoms with Gasteiger partial charge in [0, 0.05) is 12.6 Å². The van der Waals surface area contributed by atoms with E-state index in [1.807, 2.05) is 6.92 Å². The SMILES string of the molecule is CCN(C(=O)C(=O)OC)C1CCCCC1. The lowest BCUT2D eigenvalue weighted by molar-refractivity contribution is -0.159. The Kier molecular flexibility index (Phi) is 4.59. The average molecular weight is 213 g/mol. The van der Waals surface area contributed by atoms with Gasteiger partial charge in [0.2, 0.25) is 0 Å². The molecule has 1 fully saturated rings. The lowest BCUT2D eigenvalue weighted by Gasteiger charge is -2.32. The summed E-state index contributed by atoms with van der Waals surface area (Å²) in [6.45, 7) is 2.48. The lowest BCUT2D eigenvalue weighted by Crippen LogP contribution is -2.45. The number of methoxy groups -OCH3 is 1. The summed E-state index contributed by atoms with van der Waals surface area (Å²) in [4.78, 5) is 24.4. The molecule has 1 rings (SSSR count). The molecule has 0 atom stereocenters. The second-order valence-corrected chi connectivity index (χ2v) is 3.87. The number of likely N-dealkylation sites (N-methyl/N-ethyl adjacent to an activating group) is 1. The van der Waals surface area contributed by atoms with Gasteiger partial charge in [-0.05, 0) is 19.8 Å². The predicted octanol–water partition coefficient (Wildman–Crippen LogP) is 1.34. The molecule has 4 heteroatoms. The van der Waals surface area contributed by atoms with Gasteiger partial charge >= 0.3 is 11.9 Å². The van der Waals surface area contributed by atoms with Crippen molar-refractivity contribution in [1.82, 2.24) is 4.90 Å². The molecule has 0 aromatic carbocycles. The summed E-state index contributed by atoms with van der Waals surface area (Å²) in [5, 5.41) is 0. The van der Waals surface area contributed by atoms with E-state index >= 15 is 0 Å². The third-order valence-electron chi connectivity index (χ3n) is 2.98. The normalized spacial score (nSPS) is 17.2. The monoisotopic (exact) mass is 213 g/mol. The third kappa shape index (κ3) is 2.94. The van der Waals surface area contributed by atoms with Crippen LogP contribution in [0.5, 0.6) is 0 Å². The Hall–Kier alpha value is -1.06. The highest BCUT2D eigenvalue weighted by Crippen LogP contribution is 2.22. The number of nitrogens with zero attached hydrogens (tertiary/aromatic N) is 1. The molecular weight excluding hydrogens is 194 g/mol. The molecule has 0 aliphatic heterocycles. The minimum absolute atomic E-state index is 0.232. The molecule has 0 N–H and O–H groups in total. The van der Waals surface area contributed by atoms with Crippen LogP contribution in [-0.4, -0.2) is 36.5 Å². The van der Waals surface area contributed by atoms with Crippen molar-refractivity contribution in [2.45, 2.75) is 45.1 Å². The zero-order chi connectivity index (χ0) is 11.3. The minimum Gasteiger partial charge on any atom is -0.462 e. The molecule has 0 aromatic rings. The number of esters is 1. The number of carbonyl (C=O) groups is 2. The van der Waals surface area contributed by atoms with Crippen molar-refractivity contribution in [3.8, 4) is 0 Å². The van der Waals surface area contributed by atoms with E-state index in [0.717, 1.165) is 25.7 Å². The van der Waals surface area contributed by atoms with Crippen molar-refractivity contribution in [3.63, 3.8) is 0 Å². The molecule has 4 nitrogen and oxygen atoms in total. The molecule has 0 heterocycles. The zero-order valence-electron chi connectivity index (χ0n) is 9.49. The molecule has 86 valence electrons. The molecule has 1 aliphatic rings. The van der Waals surface area contributed by atoms with Crippen LogP contribution in [-0.2, 0) is 14.3 Å². The first kappa shape index (κ1) is 12.0. The van der Waals surface area contributed by atoms with Crippen molar-refractivity contribution in [3.05, 3.63) is 0 Å². The van der Waals surface area contributed by atoms with Gasteiger partial charge in [0.15, 0.2) is 0 Å². The van der Waals surface area contributed by atoms with Crippen LogP contribution in [0.2, 0.25) is 0 Å². The summed E-state index contributed by atoms with van der Waals surface area (Å²) in [5.74, 6) is -1.24. The summed E-state index contributed by atoms with van der Waals surface area (Å²) < 4.78 is 4.46. The highest BCUT2D eigenvalue weighted by molar-refractivity contribution is 6.32. The van der Waals surface area contributed by atoms with Gasteiger partial charge in [0.1, 0.15) is 0 Å². The Labute approximate surface area is 90.6 Å². The fourth-order valence-corrected chi connectivity index (χ4v) is 2.16. The van der Waals surface area contributed by atoms with Crippen LogP contribution < -0.4 is 0 Å². The summed E-state index contributed by atoms with van der Waals surface area (Å²) in [6.07, 6.45) is 5.55. The molecule has 0 saturated heterocycles. The molecule has 1 aliphatic carbocycles. The van der Waals surface area contributed by atoms with Crippen LogP contribution in [0.25, 0.3) is 0 Å². The van der Waals surface area contributed by atoms with Crippen LogP contribution >= 0.6 is 0 Å². The van der Waals surface area contributed by atoms with Crippen LogP contribution in [0, 0.1) is 0 Å². The first-order chi connectivity index (χ1) is 7.20. The number of ether oxygens (including phenoxy) is 1. The van der Waals surface area contributed by atoms with Gasteiger partial charge < -0.3 is 9.64 Å². The van der Waals surface area contributed by atoms with E-state index in [9.17, 15) is 9.59 Å². The molecule has 1 saturated carbocycles. The highest BCUT2D eigenvalue weighted by atomic mass is 16.5. The van der Waals surface area contributed by atoms with E-state index in [4.69, 9.17) is 0 Å². The van der Waals surface area contributed by atoms with Crippen LogP contribution in [0.3, 0.4) is 0 Å². The number of rotatable bonds is 2.